The topological polar surface area (TPSA) is 417 Å². The van der Waals surface area contributed by atoms with Crippen molar-refractivity contribution in [2.75, 3.05) is 16.4 Å². The van der Waals surface area contributed by atoms with Crippen LogP contribution in [0.3, 0.4) is 0 Å². The first-order valence-corrected chi connectivity index (χ1v) is 45.9. The molecule has 0 unspecified atom stereocenters. The van der Waals surface area contributed by atoms with E-state index in [0.29, 0.717) is 47.4 Å². The Morgan fingerprint density at radius 1 is 0.331 bits per heavy atom. The number of fused-ring (bicyclic) bond motifs is 8. The number of carbonyl (C=O) groups is 2. The lowest BCUT2D eigenvalue weighted by atomic mass is 10.0. The van der Waals surface area contributed by atoms with E-state index in [-0.39, 0.29) is 17.7 Å². The molecule has 133 heavy (non-hydrogen) atoms. The third-order valence-electron chi connectivity index (χ3n) is 22.5. The number of thiophene rings is 4. The molecule has 24 aromatic rings. The maximum absolute atomic E-state index is 12.2. The largest absolute Gasteiger partial charge is 0.397 e. The van der Waals surface area contributed by atoms with Gasteiger partial charge in [0.05, 0.1) is 98.4 Å². The van der Waals surface area contributed by atoms with Gasteiger partial charge in [0, 0.05) is 180 Å². The quantitative estimate of drug-likeness (QED) is 0.0403. The maximum Gasteiger partial charge on any atom is 0.224 e. The molecule has 650 valence electrons. The van der Waals surface area contributed by atoms with Crippen LogP contribution in [0.4, 0.5) is 17.1 Å². The van der Waals surface area contributed by atoms with Gasteiger partial charge in [-0.3, -0.25) is 69.9 Å². The van der Waals surface area contributed by atoms with Crippen molar-refractivity contribution in [3.63, 3.8) is 0 Å². The van der Waals surface area contributed by atoms with Crippen LogP contribution >= 0.6 is 45.3 Å². The van der Waals surface area contributed by atoms with Crippen molar-refractivity contribution in [3.05, 3.63) is 270 Å². The summed E-state index contributed by atoms with van der Waals surface area (Å²) >= 11 is 6.92. The molecule has 0 aliphatic rings. The minimum atomic E-state index is -0.0482. The summed E-state index contributed by atoms with van der Waals surface area (Å²) in [5.41, 5.74) is 33.6. The van der Waals surface area contributed by atoms with Gasteiger partial charge in [-0.25, -0.2) is 19.9 Å². The van der Waals surface area contributed by atoms with Gasteiger partial charge in [-0.05, 0) is 177 Å². The zero-order chi connectivity index (χ0) is 90.5. The van der Waals surface area contributed by atoms with Crippen molar-refractivity contribution in [1.82, 2.24) is 121 Å². The van der Waals surface area contributed by atoms with Gasteiger partial charge in [0.1, 0.15) is 44.8 Å². The molecule has 0 fully saturated rings. The zero-order valence-electron chi connectivity index (χ0n) is 72.3. The number of nitrogen functional groups attached to an aromatic ring is 1. The molecule has 0 spiro atoms. The minimum absolute atomic E-state index is 0.0158. The van der Waals surface area contributed by atoms with Crippen LogP contribution in [0.25, 0.3) is 220 Å². The number of H-pyrrole nitrogens is 8. The second-order valence-corrected chi connectivity index (χ2v) is 37.5. The molecule has 2 amide bonds. The van der Waals surface area contributed by atoms with Crippen LogP contribution in [-0.4, -0.2) is 132 Å². The highest BCUT2D eigenvalue weighted by atomic mass is 32.1. The van der Waals surface area contributed by atoms with Crippen molar-refractivity contribution >= 4 is 162 Å². The standard InChI is InChI=1S/C28H25N7OS.C26H21N7OS.C23H17N7S.C23H16N6S/c1-15(2)8-25(36)31-19-9-18(11-29-12-19)17-5-6-22-20(10-17)27(35-34-22)28-32-23-14-30-13-21(26(23)33-28)24-7-4-16(3)37-24;1-3-23(34)29-17-8-16(10-27-11-17)15-5-6-20-18(9-15)25(33-32-20)26-30-21-13-28-12-19(24(21)31-26)22-7-4-14(2)35-22;1-12-2-5-20(31-12)17-10-26-11-19-21(17)28-23(27-19)22-16-7-13(3-4-18(16)29-30-22)14-6-15(24)9-25-8-14;1-13-4-7-20(30-13)17-11-25-12-19-21(17)27-23(26-19)22-16-9-14(5-6-18(16)28-29-22)15-3-2-8-24-10-15/h4-7,9-15H,8H2,1-3H3,(H,31,36)(H,32,33)(H,34,35);4-13H,3H2,1-2H3,(H,29,34)(H,30,31)(H,32,33);2-11H,24H2,1H3,(H,27,28)(H,29,30);2-12H,1H3,(H,26,27)(H,28,29). The molecule has 0 atom stereocenters. The van der Waals surface area contributed by atoms with Crippen molar-refractivity contribution in [3.8, 4) is 132 Å². The van der Waals surface area contributed by atoms with E-state index in [1.807, 2.05) is 125 Å². The number of aryl methyl sites for hydroxylation is 4. The van der Waals surface area contributed by atoms with E-state index < -0.39 is 0 Å². The van der Waals surface area contributed by atoms with Gasteiger partial charge in [0.15, 0.2) is 23.3 Å². The van der Waals surface area contributed by atoms with Crippen LogP contribution in [-0.2, 0) is 9.59 Å². The van der Waals surface area contributed by atoms with E-state index in [2.05, 4.69) is 224 Å². The molecule has 24 rings (SSSR count). The molecule has 0 aliphatic heterocycles. The molecule has 4 aromatic carbocycles. The zero-order valence-corrected chi connectivity index (χ0v) is 75.6. The summed E-state index contributed by atoms with van der Waals surface area (Å²) in [6, 6.07) is 51.1. The van der Waals surface area contributed by atoms with E-state index in [1.54, 1.807) is 107 Å². The number of nitrogens with two attached hydrogens (primary N) is 1. The van der Waals surface area contributed by atoms with Crippen LogP contribution in [0.5, 0.6) is 0 Å². The van der Waals surface area contributed by atoms with Crippen molar-refractivity contribution < 1.29 is 9.59 Å². The SMILES string of the molecule is CCC(=O)Nc1cncc(-c2ccc3[nH]nc(-c4nc5c(-c6ccc(C)s6)cncc5[nH]4)c3c2)c1.Cc1ccc(-c2cncc3[nH]c(-c4n[nH]c5ccc(-c6cccnc6)cc45)nc23)s1.Cc1ccc(-c2cncc3[nH]c(-c4n[nH]c5ccc(-c6cncc(N)c6)cc45)nc23)s1.Cc1ccc(-c2cncc3[nH]c(-c4n[nH]c5ccc(-c6cncc(NC(=O)CC(C)C)c6)cc45)nc23)s1. The van der Waals surface area contributed by atoms with Crippen molar-refractivity contribution in [2.45, 2.75) is 61.3 Å². The van der Waals surface area contributed by atoms with E-state index in [0.717, 1.165) is 203 Å². The maximum atomic E-state index is 12.2. The fourth-order valence-electron chi connectivity index (χ4n) is 16.0. The van der Waals surface area contributed by atoms with Gasteiger partial charge in [0.25, 0.3) is 0 Å². The number of benzene rings is 4. The van der Waals surface area contributed by atoms with Crippen LogP contribution in [0.2, 0.25) is 0 Å². The Balaban J connectivity index is 0.000000107. The number of hydrogen-bond donors (Lipinski definition) is 11. The van der Waals surface area contributed by atoms with E-state index >= 15 is 0 Å². The Morgan fingerprint density at radius 2 is 0.647 bits per heavy atom. The van der Waals surface area contributed by atoms with E-state index in [4.69, 9.17) is 25.7 Å². The predicted octanol–water partition coefficient (Wildman–Crippen LogP) is 23.3. The number of aromatic amines is 8. The number of nitrogens with zero attached hydrogens (tertiary/aromatic N) is 16. The normalized spacial score (nSPS) is 11.5. The van der Waals surface area contributed by atoms with Crippen LogP contribution in [0.1, 0.15) is 53.1 Å². The van der Waals surface area contributed by atoms with E-state index in [9.17, 15) is 9.59 Å². The molecular weight excluding hydrogens is 1740 g/mol. The number of imidazole rings is 4. The summed E-state index contributed by atoms with van der Waals surface area (Å²) in [6.45, 7) is 14.3. The summed E-state index contributed by atoms with van der Waals surface area (Å²) in [6.07, 6.45) is 29.5. The highest BCUT2D eigenvalue weighted by Gasteiger charge is 2.24. The highest BCUT2D eigenvalue weighted by Crippen LogP contribution is 2.42. The minimum Gasteiger partial charge on any atom is -0.397 e. The smallest absolute Gasteiger partial charge is 0.224 e. The summed E-state index contributed by atoms with van der Waals surface area (Å²) in [5, 5.41) is 40.4. The molecular formula is C100H79N27O2S4. The summed E-state index contributed by atoms with van der Waals surface area (Å²) in [7, 11) is 0. The lowest BCUT2D eigenvalue weighted by molar-refractivity contribution is -0.117. The second-order valence-electron chi connectivity index (χ2n) is 32.4. The van der Waals surface area contributed by atoms with Gasteiger partial charge in [-0.2, -0.15) is 20.4 Å². The molecule has 20 aromatic heterocycles. The Bertz CT molecular complexity index is 8520. The Kier molecular flexibility index (Phi) is 22.2. The Labute approximate surface area is 773 Å². The molecule has 0 saturated heterocycles. The van der Waals surface area contributed by atoms with Crippen LogP contribution in [0.15, 0.2) is 251 Å². The monoisotopic (exact) mass is 1820 g/mol. The molecule has 33 heteroatoms. The number of amides is 2. The first kappa shape index (κ1) is 83.3. The van der Waals surface area contributed by atoms with Crippen LogP contribution in [0, 0.1) is 33.6 Å². The van der Waals surface area contributed by atoms with Crippen LogP contribution < -0.4 is 16.4 Å². The average molecular weight is 1820 g/mol. The Morgan fingerprint density at radius 3 is 0.955 bits per heavy atom. The third kappa shape index (κ3) is 17.0. The average Bonchev–Trinajstić information content (AvgIpc) is 1.63. The number of anilines is 3. The number of aromatic nitrogens is 24. The van der Waals surface area contributed by atoms with E-state index in [1.165, 1.54) is 19.5 Å². The molecule has 0 radical (unpaired) electrons. The number of nitrogens with one attached hydrogen (secondary N) is 10. The molecule has 12 N–H and O–H groups in total. The lowest BCUT2D eigenvalue weighted by Crippen LogP contribution is -2.13. The van der Waals surface area contributed by atoms with Gasteiger partial charge < -0.3 is 36.3 Å². The van der Waals surface area contributed by atoms with Crippen molar-refractivity contribution in [2.24, 2.45) is 5.92 Å². The summed E-state index contributed by atoms with van der Waals surface area (Å²) in [5.74, 6) is 3.00. The fourth-order valence-corrected chi connectivity index (χ4v) is 19.5. The van der Waals surface area contributed by atoms with Crippen molar-refractivity contribution in [1.29, 1.82) is 0 Å². The number of carbonyl (C=O) groups excluding carboxylic acids is 2. The van der Waals surface area contributed by atoms with Gasteiger partial charge in [-0.1, -0.05) is 51.1 Å². The number of hydrogen-bond acceptors (Lipinski definition) is 23. The fraction of sp³-hybridized carbons (Fsp3) is 0.100. The van der Waals surface area contributed by atoms with Gasteiger partial charge in [-0.15, -0.1) is 45.3 Å². The number of rotatable bonds is 17. The predicted molar refractivity (Wildman–Crippen MR) is 532 cm³/mol. The highest BCUT2D eigenvalue weighted by molar-refractivity contribution is 7.16. The summed E-state index contributed by atoms with van der Waals surface area (Å²) < 4.78 is 0. The molecule has 29 nitrogen and oxygen atoms in total. The summed E-state index contributed by atoms with van der Waals surface area (Å²) in [4.78, 5) is 102. The molecule has 0 bridgehead atoms. The third-order valence-corrected chi connectivity index (χ3v) is 26.6. The lowest BCUT2D eigenvalue weighted by Gasteiger charge is -2.09. The molecule has 20 heterocycles. The number of pyridine rings is 8. The van der Waals surface area contributed by atoms with Gasteiger partial charge >= 0.3 is 0 Å². The second kappa shape index (κ2) is 35.4. The Hall–Kier alpha value is -16.6. The first-order valence-electron chi connectivity index (χ1n) is 42.6. The first-order chi connectivity index (χ1) is 64.9. The molecule has 0 saturated carbocycles. The van der Waals surface area contributed by atoms with Gasteiger partial charge in [0.2, 0.25) is 11.8 Å². The molecule has 0 aliphatic carbocycles.